The number of carbonyl (C=O) groups excluding carboxylic acids is 2. The molecule has 1 heterocycles. The van der Waals surface area contributed by atoms with Crippen LogP contribution in [0.2, 0.25) is 0 Å². The molecule has 0 atom stereocenters. The van der Waals surface area contributed by atoms with Gasteiger partial charge in [0.1, 0.15) is 5.76 Å². The fourth-order valence-electron chi connectivity index (χ4n) is 1.79. The third kappa shape index (κ3) is 5.27. The van der Waals surface area contributed by atoms with Gasteiger partial charge in [0.2, 0.25) is 0 Å². The van der Waals surface area contributed by atoms with Crippen molar-refractivity contribution in [1.29, 1.82) is 0 Å². The van der Waals surface area contributed by atoms with Crippen molar-refractivity contribution in [1.82, 2.24) is 0 Å². The zero-order chi connectivity index (χ0) is 16.7. The summed E-state index contributed by atoms with van der Waals surface area (Å²) >= 11 is 0. The molecule has 1 amide bonds. The van der Waals surface area contributed by atoms with Crippen LogP contribution >= 0.6 is 0 Å². The summed E-state index contributed by atoms with van der Waals surface area (Å²) in [5.41, 5.74) is 0.120. The Hall–Kier alpha value is -3.16. The average molecular weight is 318 g/mol. The summed E-state index contributed by atoms with van der Waals surface area (Å²) in [7, 11) is 0. The van der Waals surface area contributed by atoms with Crippen molar-refractivity contribution in [2.24, 2.45) is 0 Å². The number of nitro groups is 1. The van der Waals surface area contributed by atoms with Crippen molar-refractivity contribution in [2.75, 3.05) is 11.9 Å². The van der Waals surface area contributed by atoms with Gasteiger partial charge >= 0.3 is 5.97 Å². The molecular weight excluding hydrogens is 304 g/mol. The molecule has 0 unspecified atom stereocenters. The Bertz CT molecular complexity index is 696. The van der Waals surface area contributed by atoms with Crippen molar-refractivity contribution < 1.29 is 23.7 Å². The highest BCUT2D eigenvalue weighted by atomic mass is 16.6. The lowest BCUT2D eigenvalue weighted by Crippen LogP contribution is -2.21. The van der Waals surface area contributed by atoms with E-state index in [-0.39, 0.29) is 17.8 Å². The molecule has 120 valence electrons. The highest BCUT2D eigenvalue weighted by Crippen LogP contribution is 2.16. The van der Waals surface area contributed by atoms with Crippen LogP contribution in [0.5, 0.6) is 0 Å². The Labute approximate surface area is 131 Å². The molecule has 0 aliphatic rings. The maximum absolute atomic E-state index is 11.7. The minimum Gasteiger partial charge on any atom is -0.469 e. The number of rotatable bonds is 7. The van der Waals surface area contributed by atoms with E-state index < -0.39 is 23.4 Å². The largest absolute Gasteiger partial charge is 0.469 e. The average Bonchev–Trinajstić information content (AvgIpc) is 3.04. The van der Waals surface area contributed by atoms with Crippen molar-refractivity contribution in [2.45, 2.75) is 12.8 Å². The molecule has 2 rings (SSSR count). The first-order valence-electron chi connectivity index (χ1n) is 6.77. The number of aryl methyl sites for hydroxylation is 1. The first-order chi connectivity index (χ1) is 11.0. The van der Waals surface area contributed by atoms with Gasteiger partial charge in [0.25, 0.3) is 11.6 Å². The van der Waals surface area contributed by atoms with E-state index in [2.05, 4.69) is 5.32 Å². The Morgan fingerprint density at radius 2 is 2.09 bits per heavy atom. The van der Waals surface area contributed by atoms with Crippen molar-refractivity contribution in [3.05, 3.63) is 58.5 Å². The first kappa shape index (κ1) is 16.2. The summed E-state index contributed by atoms with van der Waals surface area (Å²) in [5.74, 6) is -0.449. The number of amides is 1. The summed E-state index contributed by atoms with van der Waals surface area (Å²) in [6, 6.07) is 8.93. The SMILES string of the molecule is O=C(COC(=O)CCc1ccco1)Nc1cccc([N+](=O)[O-])c1. The zero-order valence-electron chi connectivity index (χ0n) is 12.1. The number of nitrogens with zero attached hydrogens (tertiary/aromatic N) is 1. The van der Waals surface area contributed by atoms with Crippen LogP contribution in [0.1, 0.15) is 12.2 Å². The molecule has 0 aliphatic carbocycles. The van der Waals surface area contributed by atoms with Gasteiger partial charge in [0.05, 0.1) is 17.6 Å². The van der Waals surface area contributed by atoms with Crippen LogP contribution in [0.15, 0.2) is 47.1 Å². The molecule has 23 heavy (non-hydrogen) atoms. The van der Waals surface area contributed by atoms with E-state index in [1.165, 1.54) is 30.5 Å². The molecule has 1 N–H and O–H groups in total. The van der Waals surface area contributed by atoms with E-state index in [1.54, 1.807) is 12.1 Å². The Balaban J connectivity index is 1.75. The standard InChI is InChI=1S/C15H14N2O6/c18-14(16-11-3-1-4-12(9-11)17(20)21)10-23-15(19)7-6-13-5-2-8-22-13/h1-5,8-9H,6-7,10H2,(H,16,18). The Kier molecular flexibility index (Phi) is 5.45. The number of hydrogen-bond acceptors (Lipinski definition) is 6. The molecule has 0 radical (unpaired) electrons. The number of anilines is 1. The second-order valence-electron chi connectivity index (χ2n) is 4.60. The van der Waals surface area contributed by atoms with Gasteiger partial charge in [-0.3, -0.25) is 19.7 Å². The Morgan fingerprint density at radius 3 is 2.78 bits per heavy atom. The minimum atomic E-state index is -0.572. The summed E-state index contributed by atoms with van der Waals surface area (Å²) < 4.78 is 9.90. The topological polar surface area (TPSA) is 112 Å². The summed E-state index contributed by atoms with van der Waals surface area (Å²) in [4.78, 5) is 33.2. The fraction of sp³-hybridized carbons (Fsp3) is 0.200. The third-order valence-electron chi connectivity index (χ3n) is 2.86. The molecule has 0 saturated carbocycles. The number of ether oxygens (including phenoxy) is 1. The van der Waals surface area contributed by atoms with Crippen LogP contribution in [-0.2, 0) is 20.7 Å². The number of carbonyl (C=O) groups is 2. The van der Waals surface area contributed by atoms with Crippen molar-refractivity contribution in [3.8, 4) is 0 Å². The first-order valence-corrected chi connectivity index (χ1v) is 6.77. The summed E-state index contributed by atoms with van der Waals surface area (Å²) in [6.45, 7) is -0.459. The van der Waals surface area contributed by atoms with Crippen LogP contribution in [0, 0.1) is 10.1 Å². The number of furan rings is 1. The van der Waals surface area contributed by atoms with E-state index >= 15 is 0 Å². The van der Waals surface area contributed by atoms with Crippen molar-refractivity contribution in [3.63, 3.8) is 0 Å². The summed E-state index contributed by atoms with van der Waals surface area (Å²) in [5, 5.41) is 13.1. The van der Waals surface area contributed by atoms with Gasteiger partial charge in [0, 0.05) is 24.2 Å². The number of non-ortho nitro benzene ring substituents is 1. The molecule has 8 nitrogen and oxygen atoms in total. The van der Waals surface area contributed by atoms with Gasteiger partial charge in [-0.25, -0.2) is 0 Å². The number of benzene rings is 1. The van der Waals surface area contributed by atoms with Gasteiger partial charge in [-0.05, 0) is 18.2 Å². The molecule has 0 fully saturated rings. The van der Waals surface area contributed by atoms with Gasteiger partial charge < -0.3 is 14.5 Å². The van der Waals surface area contributed by atoms with Crippen LogP contribution in [-0.4, -0.2) is 23.4 Å². The molecule has 2 aromatic rings. The molecule has 0 saturated heterocycles. The van der Waals surface area contributed by atoms with Crippen LogP contribution in [0.4, 0.5) is 11.4 Å². The number of nitro benzene ring substituents is 1. The van der Waals surface area contributed by atoms with Crippen LogP contribution in [0.3, 0.4) is 0 Å². The summed E-state index contributed by atoms with van der Waals surface area (Å²) in [6.07, 6.45) is 1.99. The number of hydrogen-bond donors (Lipinski definition) is 1. The van der Waals surface area contributed by atoms with E-state index in [0.29, 0.717) is 12.2 Å². The molecule has 0 spiro atoms. The van der Waals surface area contributed by atoms with Gasteiger partial charge in [-0.2, -0.15) is 0 Å². The third-order valence-corrected chi connectivity index (χ3v) is 2.86. The molecule has 8 heteroatoms. The fourth-order valence-corrected chi connectivity index (χ4v) is 1.79. The molecule has 0 bridgehead atoms. The monoisotopic (exact) mass is 318 g/mol. The lowest BCUT2D eigenvalue weighted by atomic mass is 10.2. The minimum absolute atomic E-state index is 0.0948. The molecular formula is C15H14N2O6. The molecule has 0 aliphatic heterocycles. The van der Waals surface area contributed by atoms with Crippen LogP contribution in [0.25, 0.3) is 0 Å². The maximum atomic E-state index is 11.7. The lowest BCUT2D eigenvalue weighted by Gasteiger charge is -2.06. The second kappa shape index (κ2) is 7.74. The highest BCUT2D eigenvalue weighted by Gasteiger charge is 2.11. The van der Waals surface area contributed by atoms with E-state index in [4.69, 9.17) is 9.15 Å². The number of nitrogens with one attached hydrogen (secondary N) is 1. The van der Waals surface area contributed by atoms with E-state index in [1.807, 2.05) is 0 Å². The zero-order valence-corrected chi connectivity index (χ0v) is 12.1. The smallest absolute Gasteiger partial charge is 0.306 e. The normalized spacial score (nSPS) is 10.1. The van der Waals surface area contributed by atoms with Gasteiger partial charge in [-0.15, -0.1) is 0 Å². The molecule has 1 aromatic heterocycles. The van der Waals surface area contributed by atoms with Crippen LogP contribution < -0.4 is 5.32 Å². The van der Waals surface area contributed by atoms with E-state index in [9.17, 15) is 19.7 Å². The highest BCUT2D eigenvalue weighted by molar-refractivity contribution is 5.93. The molecule has 1 aromatic carbocycles. The predicted molar refractivity (Wildman–Crippen MR) is 79.7 cm³/mol. The lowest BCUT2D eigenvalue weighted by molar-refractivity contribution is -0.384. The quantitative estimate of drug-likeness (QED) is 0.476. The van der Waals surface area contributed by atoms with E-state index in [0.717, 1.165) is 0 Å². The maximum Gasteiger partial charge on any atom is 0.306 e. The number of esters is 1. The predicted octanol–water partition coefficient (Wildman–Crippen LogP) is 2.30. The van der Waals surface area contributed by atoms with Gasteiger partial charge in [-0.1, -0.05) is 6.07 Å². The Morgan fingerprint density at radius 1 is 1.26 bits per heavy atom. The van der Waals surface area contributed by atoms with Crippen molar-refractivity contribution >= 4 is 23.3 Å². The van der Waals surface area contributed by atoms with Gasteiger partial charge in [0.15, 0.2) is 6.61 Å². The second-order valence-corrected chi connectivity index (χ2v) is 4.60.